The number of alkyl halides is 5. The highest BCUT2D eigenvalue weighted by Crippen LogP contribution is 2.60. The van der Waals surface area contributed by atoms with E-state index in [0.29, 0.717) is 5.75 Å². The van der Waals surface area contributed by atoms with Crippen LogP contribution in [0.5, 0.6) is 0 Å². The number of aliphatic hydroxyl groups is 1. The molecule has 2 nitrogen and oxygen atoms in total. The Hall–Kier alpha value is -1.02. The molecule has 0 spiro atoms. The van der Waals surface area contributed by atoms with Gasteiger partial charge in [-0.05, 0) is 85.7 Å². The highest BCUT2D eigenvalue weighted by Gasteiger charge is 2.56. The normalized spacial score (nSPS) is 28.6. The van der Waals surface area contributed by atoms with Crippen LogP contribution >= 0.6 is 0 Å². The number of hydrogen-bond acceptors (Lipinski definition) is 2. The van der Waals surface area contributed by atoms with E-state index < -0.39 is 29.3 Å². The van der Waals surface area contributed by atoms with Gasteiger partial charge in [-0.1, -0.05) is 76.6 Å². The smallest absolute Gasteiger partial charge is 0.393 e. The van der Waals surface area contributed by atoms with Gasteiger partial charge >= 0.3 is 12.1 Å². The number of fused-ring (bicyclic) bond motifs is 5. The Bertz CT molecular complexity index is 936. The maximum Gasteiger partial charge on any atom is 0.453 e. The first kappa shape index (κ1) is 33.5. The average Bonchev–Trinajstić information content (AvgIpc) is 3.22. The molecule has 6 atom stereocenters. The zero-order valence-electron chi connectivity index (χ0n) is 24.3. The first-order chi connectivity index (χ1) is 18.9. The van der Waals surface area contributed by atoms with Gasteiger partial charge in [0.25, 0.3) is 0 Å². The van der Waals surface area contributed by atoms with Crippen LogP contribution in [0.4, 0.5) is 22.0 Å². The van der Waals surface area contributed by atoms with Crippen LogP contribution in [0.2, 0.25) is 0 Å². The van der Waals surface area contributed by atoms with E-state index in [2.05, 4.69) is 38.1 Å². The van der Waals surface area contributed by atoms with Gasteiger partial charge in [0.1, 0.15) is 0 Å². The summed E-state index contributed by atoms with van der Waals surface area (Å²) in [6.45, 7) is 4.48. The third kappa shape index (κ3) is 8.52. The highest BCUT2D eigenvalue weighted by atomic mass is 32.2. The van der Waals surface area contributed by atoms with E-state index in [4.69, 9.17) is 0 Å². The van der Waals surface area contributed by atoms with Crippen molar-refractivity contribution in [1.82, 2.24) is 0 Å². The van der Waals surface area contributed by atoms with Crippen molar-refractivity contribution in [2.45, 2.75) is 134 Å². The molecule has 1 aromatic carbocycles. The van der Waals surface area contributed by atoms with Gasteiger partial charge in [0.2, 0.25) is 0 Å². The summed E-state index contributed by atoms with van der Waals surface area (Å²) in [5, 5.41) is 10.4. The molecule has 6 unspecified atom stereocenters. The molecular formula is C32H49F5O2S. The number of aliphatic hydroxyl groups excluding tert-OH is 1. The summed E-state index contributed by atoms with van der Waals surface area (Å²) in [7, 11) is -1.29. The third-order valence-electron chi connectivity index (χ3n) is 9.84. The lowest BCUT2D eigenvalue weighted by Gasteiger charge is -2.50. The summed E-state index contributed by atoms with van der Waals surface area (Å²) in [4.78, 5) is 0. The topological polar surface area (TPSA) is 37.3 Å². The average molecular weight is 593 g/mol. The zero-order valence-corrected chi connectivity index (χ0v) is 25.1. The molecule has 8 heteroatoms. The molecule has 40 heavy (non-hydrogen) atoms. The first-order valence-corrected chi connectivity index (χ1v) is 16.9. The molecule has 2 saturated carbocycles. The molecule has 0 radical (unpaired) electrons. The van der Waals surface area contributed by atoms with Crippen molar-refractivity contribution in [3.8, 4) is 0 Å². The van der Waals surface area contributed by atoms with Gasteiger partial charge in [0.05, 0.1) is 6.10 Å². The van der Waals surface area contributed by atoms with Crippen LogP contribution in [0.3, 0.4) is 0 Å². The predicted molar refractivity (Wildman–Crippen MR) is 153 cm³/mol. The summed E-state index contributed by atoms with van der Waals surface area (Å²) < 4.78 is 72.4. The molecule has 0 amide bonds. The number of unbranched alkanes of at least 4 members (excludes halogenated alkanes) is 6. The summed E-state index contributed by atoms with van der Waals surface area (Å²) in [5.41, 5.74) is 3.43. The van der Waals surface area contributed by atoms with Crippen LogP contribution in [-0.4, -0.2) is 39.0 Å². The van der Waals surface area contributed by atoms with Crippen LogP contribution < -0.4 is 0 Å². The van der Waals surface area contributed by atoms with Crippen LogP contribution in [0.1, 0.15) is 121 Å². The highest BCUT2D eigenvalue weighted by molar-refractivity contribution is 7.84. The molecule has 3 aliphatic rings. The van der Waals surface area contributed by atoms with Crippen molar-refractivity contribution in [1.29, 1.82) is 0 Å². The van der Waals surface area contributed by atoms with Crippen LogP contribution in [-0.2, 0) is 17.2 Å². The second kappa shape index (κ2) is 14.9. The third-order valence-corrected chi connectivity index (χ3v) is 11.3. The van der Waals surface area contributed by atoms with Gasteiger partial charge in [-0.2, -0.15) is 22.0 Å². The van der Waals surface area contributed by atoms with Gasteiger partial charge in [0, 0.05) is 28.7 Å². The maximum atomic E-state index is 12.6. The molecule has 3 aliphatic carbocycles. The standard InChI is InChI=1S/C18H24O.C14H25F5OS/c1-18-11-10-14-13-5-3-2-4-12(13)6-7-15(14)16(18)8-9-17(18)19;1-2-3-4-5-6-7-8-11-21(20)12-9-10-13(15,16)14(17,18)19/h2-5,14-17,19H,6-11H2,1H3;2-12H2,1H3. The number of benzene rings is 1. The Morgan fingerprint density at radius 3 is 2.25 bits per heavy atom. The Labute approximate surface area is 240 Å². The Morgan fingerprint density at radius 1 is 0.900 bits per heavy atom. The molecule has 0 saturated heterocycles. The van der Waals surface area contributed by atoms with Crippen molar-refractivity contribution in [2.24, 2.45) is 17.3 Å². The molecule has 0 aromatic heterocycles. The van der Waals surface area contributed by atoms with E-state index in [0.717, 1.165) is 49.9 Å². The quantitative estimate of drug-likeness (QED) is 0.194. The lowest BCUT2D eigenvalue weighted by Crippen LogP contribution is -2.43. The fourth-order valence-electron chi connectivity index (χ4n) is 7.41. The van der Waals surface area contributed by atoms with Gasteiger partial charge in [0.15, 0.2) is 0 Å². The Balaban J connectivity index is 0.000000221. The molecule has 0 heterocycles. The molecule has 2 fully saturated rings. The van der Waals surface area contributed by atoms with E-state index in [1.807, 2.05) is 0 Å². The van der Waals surface area contributed by atoms with Gasteiger partial charge in [-0.25, -0.2) is 0 Å². The lowest BCUT2D eigenvalue weighted by molar-refractivity contribution is -0.284. The number of halogens is 5. The summed E-state index contributed by atoms with van der Waals surface area (Å²) in [6.07, 6.45) is 7.63. The molecular weight excluding hydrogens is 543 g/mol. The van der Waals surface area contributed by atoms with Crippen molar-refractivity contribution >= 4 is 10.8 Å². The number of hydrogen-bond donors (Lipinski definition) is 1. The van der Waals surface area contributed by atoms with Crippen LogP contribution in [0, 0.1) is 17.3 Å². The molecule has 0 bridgehead atoms. The minimum atomic E-state index is -5.51. The summed E-state index contributed by atoms with van der Waals surface area (Å²) in [6, 6.07) is 9.08. The molecule has 1 N–H and O–H groups in total. The fourth-order valence-corrected chi connectivity index (χ4v) is 8.61. The van der Waals surface area contributed by atoms with Gasteiger partial charge < -0.3 is 5.11 Å². The SMILES string of the molecule is CC12CCC3c4ccccc4CCC3C1CCC2O.CCCCCCCCCS(=O)CCCC(F)(F)C(F)(F)F. The van der Waals surface area contributed by atoms with Crippen LogP contribution in [0.15, 0.2) is 24.3 Å². The Kier molecular flexibility index (Phi) is 12.5. The van der Waals surface area contributed by atoms with Gasteiger partial charge in [-0.15, -0.1) is 0 Å². The summed E-state index contributed by atoms with van der Waals surface area (Å²) >= 11 is 0. The van der Waals surface area contributed by atoms with Crippen LogP contribution in [0.25, 0.3) is 0 Å². The van der Waals surface area contributed by atoms with E-state index >= 15 is 0 Å². The van der Waals surface area contributed by atoms with E-state index in [1.54, 1.807) is 11.1 Å². The largest absolute Gasteiger partial charge is 0.453 e. The fraction of sp³-hybridized carbons (Fsp3) is 0.812. The van der Waals surface area contributed by atoms with Crippen molar-refractivity contribution < 1.29 is 31.3 Å². The van der Waals surface area contributed by atoms with E-state index in [9.17, 15) is 31.3 Å². The molecule has 4 rings (SSSR count). The van der Waals surface area contributed by atoms with Crippen molar-refractivity contribution in [2.75, 3.05) is 11.5 Å². The van der Waals surface area contributed by atoms with Crippen molar-refractivity contribution in [3.63, 3.8) is 0 Å². The first-order valence-electron chi connectivity index (χ1n) is 15.5. The monoisotopic (exact) mass is 592 g/mol. The minimum Gasteiger partial charge on any atom is -0.393 e. The second-order valence-electron chi connectivity index (χ2n) is 12.5. The number of rotatable bonds is 12. The second-order valence-corrected chi connectivity index (χ2v) is 14.2. The Morgan fingerprint density at radius 2 is 1.55 bits per heavy atom. The summed E-state index contributed by atoms with van der Waals surface area (Å²) in [5.74, 6) is -2.00. The zero-order chi connectivity index (χ0) is 29.4. The number of aryl methyl sites for hydroxylation is 1. The lowest BCUT2D eigenvalue weighted by atomic mass is 9.55. The predicted octanol–water partition coefficient (Wildman–Crippen LogP) is 9.37. The molecule has 1 aromatic rings. The van der Waals surface area contributed by atoms with E-state index in [1.165, 1.54) is 51.4 Å². The van der Waals surface area contributed by atoms with Gasteiger partial charge in [-0.3, -0.25) is 4.21 Å². The van der Waals surface area contributed by atoms with E-state index in [-0.39, 0.29) is 23.7 Å². The minimum absolute atomic E-state index is 0.0457. The maximum absolute atomic E-state index is 12.6. The van der Waals surface area contributed by atoms with Crippen molar-refractivity contribution in [3.05, 3.63) is 35.4 Å². The molecule has 0 aliphatic heterocycles. The molecule has 230 valence electrons.